The molecular weight excluding hydrogens is 268 g/mol. The monoisotopic (exact) mass is 282 g/mol. The van der Waals surface area contributed by atoms with Gasteiger partial charge in [0.2, 0.25) is 0 Å². The summed E-state index contributed by atoms with van der Waals surface area (Å²) in [6, 6.07) is 8.00. The average molecular weight is 283 g/mol. The van der Waals surface area contributed by atoms with Crippen LogP contribution in [-0.4, -0.2) is 9.97 Å². The highest BCUT2D eigenvalue weighted by molar-refractivity contribution is 6.32. The Balaban J connectivity index is 2.54. The van der Waals surface area contributed by atoms with Crippen molar-refractivity contribution in [2.24, 2.45) is 0 Å². The van der Waals surface area contributed by atoms with E-state index in [1.165, 1.54) is 0 Å². The van der Waals surface area contributed by atoms with Gasteiger partial charge in [-0.2, -0.15) is 0 Å². The summed E-state index contributed by atoms with van der Waals surface area (Å²) < 4.78 is 0. The Morgan fingerprint density at radius 1 is 1.30 bits per heavy atom. The molecule has 1 aromatic heterocycles. The van der Waals surface area contributed by atoms with E-state index >= 15 is 0 Å². The fraction of sp³-hybridized carbons (Fsp3) is 0.0588. The predicted molar refractivity (Wildman–Crippen MR) is 85.6 cm³/mol. The summed E-state index contributed by atoms with van der Waals surface area (Å²) >= 11 is 6.18. The maximum Gasteiger partial charge on any atom is 0.125 e. The molecule has 1 aromatic carbocycles. The molecule has 3 heteroatoms. The van der Waals surface area contributed by atoms with E-state index in [1.54, 1.807) is 18.3 Å². The van der Waals surface area contributed by atoms with Crippen molar-refractivity contribution in [2.75, 3.05) is 0 Å². The van der Waals surface area contributed by atoms with E-state index in [1.807, 2.05) is 37.3 Å². The molecule has 0 spiro atoms. The number of hydrogen-bond acceptors (Lipinski definition) is 2. The lowest BCUT2D eigenvalue weighted by atomic mass is 10.0. The fourth-order valence-electron chi connectivity index (χ4n) is 1.91. The minimum Gasteiger partial charge on any atom is -0.240 e. The lowest BCUT2D eigenvalue weighted by Crippen LogP contribution is -1.92. The number of allylic oxidation sites excluding steroid dienone is 4. The van der Waals surface area contributed by atoms with Gasteiger partial charge in [0, 0.05) is 11.8 Å². The van der Waals surface area contributed by atoms with Crippen LogP contribution in [0.25, 0.3) is 16.8 Å². The summed E-state index contributed by atoms with van der Waals surface area (Å²) in [6.07, 6.45) is 7.08. The van der Waals surface area contributed by atoms with E-state index in [-0.39, 0.29) is 0 Å². The van der Waals surface area contributed by atoms with Crippen LogP contribution in [0.5, 0.6) is 0 Å². The summed E-state index contributed by atoms with van der Waals surface area (Å²) in [6.45, 7) is 9.38. The van der Waals surface area contributed by atoms with Crippen LogP contribution in [0.3, 0.4) is 0 Å². The third-order valence-corrected chi connectivity index (χ3v) is 3.13. The van der Waals surface area contributed by atoms with Gasteiger partial charge in [0.15, 0.2) is 0 Å². The molecule has 2 aromatic rings. The summed E-state index contributed by atoms with van der Waals surface area (Å²) in [5.74, 6) is 0.695. The molecule has 100 valence electrons. The maximum atomic E-state index is 6.18. The Bertz CT molecular complexity index is 687. The van der Waals surface area contributed by atoms with Crippen LogP contribution in [-0.2, 0) is 0 Å². The molecule has 0 aliphatic heterocycles. The van der Waals surface area contributed by atoms with Crippen molar-refractivity contribution in [3.63, 3.8) is 0 Å². The molecule has 0 radical (unpaired) electrons. The van der Waals surface area contributed by atoms with E-state index < -0.39 is 0 Å². The molecule has 0 fully saturated rings. The number of halogens is 1. The second kappa shape index (κ2) is 6.31. The summed E-state index contributed by atoms with van der Waals surface area (Å²) in [4.78, 5) is 8.49. The lowest BCUT2D eigenvalue weighted by molar-refractivity contribution is 1.06. The van der Waals surface area contributed by atoms with Crippen LogP contribution < -0.4 is 0 Å². The second-order valence-corrected chi connectivity index (χ2v) is 4.66. The zero-order valence-corrected chi connectivity index (χ0v) is 12.1. The van der Waals surface area contributed by atoms with Crippen LogP contribution >= 0.6 is 11.6 Å². The molecule has 2 rings (SSSR count). The molecular formula is C17H15ClN2. The molecule has 20 heavy (non-hydrogen) atoms. The van der Waals surface area contributed by atoms with Crippen molar-refractivity contribution in [1.82, 2.24) is 9.97 Å². The Labute approximate surface area is 124 Å². The van der Waals surface area contributed by atoms with Crippen molar-refractivity contribution < 1.29 is 0 Å². The van der Waals surface area contributed by atoms with E-state index in [9.17, 15) is 0 Å². The van der Waals surface area contributed by atoms with Gasteiger partial charge in [0.1, 0.15) is 5.82 Å². The van der Waals surface area contributed by atoms with Gasteiger partial charge >= 0.3 is 0 Å². The number of benzene rings is 1. The molecule has 0 amide bonds. The Morgan fingerprint density at radius 3 is 2.80 bits per heavy atom. The Hall–Kier alpha value is -2.19. The highest BCUT2D eigenvalue weighted by Crippen LogP contribution is 2.28. The van der Waals surface area contributed by atoms with Crippen molar-refractivity contribution in [2.45, 2.75) is 6.92 Å². The predicted octanol–water partition coefficient (Wildman–Crippen LogP) is 4.86. The normalized spacial score (nSPS) is 11.2. The van der Waals surface area contributed by atoms with E-state index in [2.05, 4.69) is 23.1 Å². The van der Waals surface area contributed by atoms with Crippen LogP contribution in [0.1, 0.15) is 11.4 Å². The zero-order valence-electron chi connectivity index (χ0n) is 11.3. The largest absolute Gasteiger partial charge is 0.240 e. The third kappa shape index (κ3) is 3.03. The van der Waals surface area contributed by atoms with E-state index in [0.29, 0.717) is 10.8 Å². The fourth-order valence-corrected chi connectivity index (χ4v) is 2.11. The number of rotatable bonds is 4. The molecule has 0 saturated carbocycles. The Kier molecular flexibility index (Phi) is 4.49. The van der Waals surface area contributed by atoms with Crippen LogP contribution in [0.4, 0.5) is 0 Å². The highest BCUT2D eigenvalue weighted by atomic mass is 35.5. The van der Waals surface area contributed by atoms with Gasteiger partial charge in [-0.3, -0.25) is 0 Å². The first-order valence-electron chi connectivity index (χ1n) is 6.21. The molecule has 0 bridgehead atoms. The third-order valence-electron chi connectivity index (χ3n) is 2.85. The van der Waals surface area contributed by atoms with E-state index in [4.69, 9.17) is 11.6 Å². The lowest BCUT2D eigenvalue weighted by Gasteiger charge is -2.07. The standard InChI is InChI=1S/C17H15ClN2/c1-4-7-13(5-2)14-8-6-9-15(10-14)17-16(18)11-19-12(3)20-17/h4-11H,1-2H2,3H3/b13-7+. The summed E-state index contributed by atoms with van der Waals surface area (Å²) in [5.41, 5.74) is 3.74. The van der Waals surface area contributed by atoms with Gasteiger partial charge in [-0.25, -0.2) is 9.97 Å². The first kappa shape index (κ1) is 14.2. The maximum absolute atomic E-state index is 6.18. The molecule has 0 N–H and O–H groups in total. The molecule has 1 heterocycles. The first-order valence-corrected chi connectivity index (χ1v) is 6.58. The SMILES string of the molecule is C=C/C=C(\C=C)c1cccc(-c2nc(C)ncc2Cl)c1. The number of aryl methyl sites for hydroxylation is 1. The average Bonchev–Trinajstić information content (AvgIpc) is 2.47. The summed E-state index contributed by atoms with van der Waals surface area (Å²) in [7, 11) is 0. The van der Waals surface area contributed by atoms with Crippen molar-refractivity contribution in [1.29, 1.82) is 0 Å². The number of nitrogens with zero attached hydrogens (tertiary/aromatic N) is 2. The minimum atomic E-state index is 0.542. The van der Waals surface area contributed by atoms with Gasteiger partial charge < -0.3 is 0 Å². The molecule has 0 unspecified atom stereocenters. The zero-order chi connectivity index (χ0) is 14.5. The number of hydrogen-bond donors (Lipinski definition) is 0. The number of aromatic nitrogens is 2. The summed E-state index contributed by atoms with van der Waals surface area (Å²) in [5, 5.41) is 0.542. The second-order valence-electron chi connectivity index (χ2n) is 4.26. The van der Waals surface area contributed by atoms with Crippen molar-refractivity contribution in [3.05, 3.63) is 78.3 Å². The van der Waals surface area contributed by atoms with Crippen LogP contribution in [0.2, 0.25) is 5.02 Å². The molecule has 2 nitrogen and oxygen atoms in total. The van der Waals surface area contributed by atoms with Gasteiger partial charge in [0.25, 0.3) is 0 Å². The quantitative estimate of drug-likeness (QED) is 0.748. The minimum absolute atomic E-state index is 0.542. The Morgan fingerprint density at radius 2 is 2.10 bits per heavy atom. The van der Waals surface area contributed by atoms with E-state index in [0.717, 1.165) is 22.4 Å². The van der Waals surface area contributed by atoms with Crippen molar-refractivity contribution in [3.8, 4) is 11.3 Å². The molecule has 0 aliphatic carbocycles. The highest BCUT2D eigenvalue weighted by Gasteiger charge is 2.08. The van der Waals surface area contributed by atoms with Gasteiger partial charge in [-0.15, -0.1) is 0 Å². The van der Waals surface area contributed by atoms with Crippen LogP contribution in [0.15, 0.2) is 61.8 Å². The molecule has 0 aliphatic rings. The van der Waals surface area contributed by atoms with Gasteiger partial charge in [-0.05, 0) is 24.1 Å². The van der Waals surface area contributed by atoms with Gasteiger partial charge in [-0.1, -0.05) is 61.2 Å². The van der Waals surface area contributed by atoms with Gasteiger partial charge in [0.05, 0.1) is 10.7 Å². The molecule has 0 saturated heterocycles. The van der Waals surface area contributed by atoms with Crippen LogP contribution in [0, 0.1) is 6.92 Å². The smallest absolute Gasteiger partial charge is 0.125 e. The molecule has 0 atom stereocenters. The van der Waals surface area contributed by atoms with Crippen molar-refractivity contribution >= 4 is 17.2 Å². The topological polar surface area (TPSA) is 25.8 Å². The first-order chi connectivity index (χ1) is 9.65.